The predicted molar refractivity (Wildman–Crippen MR) is 500 cm³/mol. The molecule has 1 amide bonds. The number of alkyl carbamates (subject to hydrolysis) is 1. The molecular formula is C106H131N3O29. The van der Waals surface area contributed by atoms with Crippen molar-refractivity contribution in [1.29, 1.82) is 0 Å². The fraction of sp³-hybridized carbons (Fsp3) is 0.547. The van der Waals surface area contributed by atoms with Crippen molar-refractivity contribution in [3.8, 4) is 5.75 Å². The number of rotatable bonds is 25. The number of amides is 1. The summed E-state index contributed by atoms with van der Waals surface area (Å²) in [7, 11) is 5.76. The van der Waals surface area contributed by atoms with Crippen molar-refractivity contribution in [3.63, 3.8) is 0 Å². The van der Waals surface area contributed by atoms with Gasteiger partial charge in [-0.15, -0.1) is 0 Å². The zero-order chi connectivity index (χ0) is 99.9. The van der Waals surface area contributed by atoms with Crippen LogP contribution in [0.15, 0.2) is 192 Å². The molecule has 0 spiro atoms. The van der Waals surface area contributed by atoms with Gasteiger partial charge in [0.2, 0.25) is 0 Å². The second kappa shape index (κ2) is 43.1. The van der Waals surface area contributed by atoms with Crippen LogP contribution in [0.4, 0.5) is 15.3 Å². The SMILES string of the molecule is CO[C@H]1C(=O)[C@]2(C)[C@@H](OC)C[C@H]3OC[C@@]3(CC(C)=O)[C@H]2[C@H](OC(=O)c2ccccc2)[C@]2(O)C[C@H](OC(=O)[C@H](O)[C@@H](N)c3ccccc3)C(C)=C1C2(C)C.CO[C@H]1C(=O)[C@]2(C)[C@@H](OC)C[C@H]3OC[C@@]3(CC(C)=O)[C@H]2[C@H](OC(=O)c2ccccc2)[C@]2(O)C[C@H](OC(=O)[C@H](O)[C@@H](NC(=O)OC3/C=C/CCCCC3)c3ccccc3)C(C)=C1C2(C)C.O=C(Oc1ccc([N+](=O)[O-])cc1)OC1/C=C/CCCCC1. The Morgan fingerprint density at radius 1 is 0.514 bits per heavy atom. The molecule has 744 valence electrons. The quantitative estimate of drug-likeness (QED) is 0.00789. The molecule has 5 aromatic rings. The number of aliphatic hydroxyl groups excluding tert-OH is 2. The van der Waals surface area contributed by atoms with E-state index in [0.29, 0.717) is 39.8 Å². The molecule has 2 aliphatic heterocycles. The third-order valence-corrected chi connectivity index (χ3v) is 31.2. The number of ketones is 4. The lowest BCUT2D eigenvalue weighted by Gasteiger charge is -2.69. The number of benzene rings is 5. The van der Waals surface area contributed by atoms with Crippen LogP contribution >= 0.6 is 0 Å². The maximum Gasteiger partial charge on any atom is 0.514 e. The number of aliphatic hydroxyl groups is 4. The molecule has 2 saturated heterocycles. The number of carbonyl (C=O) groups excluding carboxylic acids is 10. The molecular weight excluding hydrogens is 1780 g/mol. The molecule has 2 unspecified atom stereocenters. The summed E-state index contributed by atoms with van der Waals surface area (Å²) < 4.78 is 78.1. The Morgan fingerprint density at radius 2 is 0.913 bits per heavy atom. The lowest BCUT2D eigenvalue weighted by atomic mass is 9.41. The largest absolute Gasteiger partial charge is 0.514 e. The summed E-state index contributed by atoms with van der Waals surface area (Å²) in [6, 6.07) is 36.5. The molecule has 7 N–H and O–H groups in total. The van der Waals surface area contributed by atoms with Gasteiger partial charge < -0.3 is 103 Å². The molecule has 8 aliphatic carbocycles. The number of esters is 4. The van der Waals surface area contributed by atoms with Gasteiger partial charge in [-0.25, -0.2) is 28.8 Å². The Labute approximate surface area is 803 Å². The summed E-state index contributed by atoms with van der Waals surface area (Å²) in [5.74, 6) is -6.77. The Morgan fingerprint density at radius 3 is 1.30 bits per heavy atom. The van der Waals surface area contributed by atoms with Crippen LogP contribution in [0, 0.1) is 54.4 Å². The van der Waals surface area contributed by atoms with Crippen molar-refractivity contribution >= 4 is 64.9 Å². The molecule has 4 bridgehead atoms. The fourth-order valence-corrected chi connectivity index (χ4v) is 23.8. The molecule has 4 saturated carbocycles. The zero-order valence-corrected chi connectivity index (χ0v) is 80.8. The minimum absolute atomic E-state index is 0.0150. The molecule has 138 heavy (non-hydrogen) atoms. The molecule has 10 aliphatic rings. The molecule has 5 aromatic carbocycles. The maximum absolute atomic E-state index is 15.7. The van der Waals surface area contributed by atoms with Crippen LogP contribution in [0.2, 0.25) is 0 Å². The number of hydrogen-bond acceptors (Lipinski definition) is 30. The van der Waals surface area contributed by atoms with Gasteiger partial charge in [0.05, 0.1) is 76.6 Å². The van der Waals surface area contributed by atoms with Gasteiger partial charge in [-0.05, 0) is 175 Å². The smallest absolute Gasteiger partial charge is 0.456 e. The monoisotopic (exact) mass is 1910 g/mol. The first-order valence-corrected chi connectivity index (χ1v) is 47.5. The first-order valence-electron chi connectivity index (χ1n) is 47.5. The van der Waals surface area contributed by atoms with Crippen LogP contribution in [-0.4, -0.2) is 223 Å². The Balaban J connectivity index is 0.000000195. The minimum Gasteiger partial charge on any atom is -0.456 e. The fourth-order valence-electron chi connectivity index (χ4n) is 23.8. The molecule has 15 rings (SSSR count). The number of ether oxygens (including phenoxy) is 13. The predicted octanol–water partition coefficient (Wildman–Crippen LogP) is 14.0. The molecule has 32 heteroatoms. The molecule has 24 atom stereocenters. The van der Waals surface area contributed by atoms with Gasteiger partial charge in [0, 0.05) is 113 Å². The highest BCUT2D eigenvalue weighted by molar-refractivity contribution is 5.96. The third-order valence-electron chi connectivity index (χ3n) is 31.2. The lowest BCUT2D eigenvalue weighted by molar-refractivity contribution is -0.384. The number of nitrogens with one attached hydrogen (secondary N) is 1. The number of Topliss-reactive ketones (excluding diaryl/α,β-unsaturated/α-hetero) is 4. The highest BCUT2D eigenvalue weighted by Crippen LogP contribution is 2.70. The van der Waals surface area contributed by atoms with E-state index in [9.17, 15) is 68.9 Å². The van der Waals surface area contributed by atoms with E-state index in [0.717, 1.165) is 57.8 Å². The van der Waals surface area contributed by atoms with Gasteiger partial charge in [-0.1, -0.05) is 150 Å². The standard InChI is InChI=1S/C50H63NO13.C41H51NO11.C15H17NO5/c1-29(52)26-49-28-61-36(49)25-35(59-6)48(5)41(49)43(64-44(55)32-21-15-12-16-22-32)50(58)27-34(30(2)37(47(50,3)4)40(60-7)42(48)54)63-45(56)39(53)38(31-19-13-11-14-20-31)51-46(57)62-33-23-17-9-8-10-18-24-33;1-22(43)19-40-21-51-28(40)18-27(49-6)39(5)33(40)35(53-36(46)25-16-12-9-13-17-25)41(48)20-26(23(2)29(38(41,3)4)32(50-7)34(39)45)52-37(47)31(44)30(42)24-14-10-8-11-15-24;17-15(20-13-6-4-2-1-3-5-7-13)21-14-10-8-12(9-11-14)16(18)19/h11-17,19-23,33-36,38-41,43,53,58H,8-10,18,24-28H2,1-7H3,(H,51,57);8-17,26-28,30-33,35,44,48H,18-21,42H2,1-7H3;4,6,8-11,13H,1-3,5,7H2/b23-17+;;6-4+/t33?,34-,35-,36+,38-,39+,40+,41-,43-,48+,49+,50+;26-,27-,28+,30-,31+,32+,33-,35-,39+,40+,41+;/m00./s1. The van der Waals surface area contributed by atoms with Crippen LogP contribution in [0.25, 0.3) is 0 Å². The van der Waals surface area contributed by atoms with Crippen molar-refractivity contribution in [1.82, 2.24) is 5.32 Å². The maximum atomic E-state index is 15.7. The zero-order valence-electron chi connectivity index (χ0n) is 80.8. The highest BCUT2D eigenvalue weighted by Gasteiger charge is 2.79. The van der Waals surface area contributed by atoms with Crippen LogP contribution in [0.5, 0.6) is 5.75 Å². The number of allylic oxidation sites excluding steroid dienone is 2. The molecule has 0 radical (unpaired) electrons. The Kier molecular flexibility index (Phi) is 32.6. The van der Waals surface area contributed by atoms with E-state index in [2.05, 4.69) is 5.32 Å². The average Bonchev–Trinajstić information content (AvgIpc) is 0.670. The topological polar surface area (TPSA) is 453 Å². The van der Waals surface area contributed by atoms with Crippen molar-refractivity contribution in [2.24, 2.45) is 50.1 Å². The van der Waals surface area contributed by atoms with Crippen LogP contribution in [0.1, 0.15) is 216 Å². The molecule has 6 fully saturated rings. The number of fused-ring (bicyclic) bond motifs is 10. The molecule has 32 nitrogen and oxygen atoms in total. The van der Waals surface area contributed by atoms with E-state index >= 15 is 9.59 Å². The average molecular weight is 1910 g/mol. The number of methoxy groups -OCH3 is 4. The van der Waals surface area contributed by atoms with Gasteiger partial charge in [-0.3, -0.25) is 19.7 Å². The lowest BCUT2D eigenvalue weighted by Crippen LogP contribution is -2.78. The van der Waals surface area contributed by atoms with Crippen LogP contribution in [-0.2, 0) is 85.6 Å². The van der Waals surface area contributed by atoms with E-state index in [1.54, 1.807) is 177 Å². The van der Waals surface area contributed by atoms with E-state index < -0.39 is 200 Å². The summed E-state index contributed by atoms with van der Waals surface area (Å²) in [5, 5.41) is 63.6. The third kappa shape index (κ3) is 20.2. The van der Waals surface area contributed by atoms with E-state index in [1.807, 2.05) is 24.3 Å². The van der Waals surface area contributed by atoms with E-state index in [1.165, 1.54) is 66.6 Å². The number of nitro groups is 1. The van der Waals surface area contributed by atoms with E-state index in [-0.39, 0.29) is 92.0 Å². The van der Waals surface area contributed by atoms with Crippen LogP contribution < -0.4 is 15.8 Å². The van der Waals surface area contributed by atoms with Gasteiger partial charge in [-0.2, -0.15) is 0 Å². The first kappa shape index (κ1) is 104. The molecule has 0 aromatic heterocycles. The van der Waals surface area contributed by atoms with Crippen LogP contribution in [0.3, 0.4) is 0 Å². The van der Waals surface area contributed by atoms with Crippen molar-refractivity contribution in [3.05, 3.63) is 225 Å². The first-order chi connectivity index (χ1) is 65.6. The van der Waals surface area contributed by atoms with E-state index in [4.69, 9.17) is 67.3 Å². The number of hydrogen-bond donors (Lipinski definition) is 6. The summed E-state index contributed by atoms with van der Waals surface area (Å²) in [6.07, 6.45) is 0.0406. The number of nitrogens with two attached hydrogens (primary N) is 1. The molecule has 2 heterocycles. The number of nitrogens with zero attached hydrogens (tertiary/aromatic N) is 1. The summed E-state index contributed by atoms with van der Waals surface area (Å²) >= 11 is 0. The second-order valence-corrected chi connectivity index (χ2v) is 39.9. The van der Waals surface area contributed by atoms with Gasteiger partial charge in [0.15, 0.2) is 23.8 Å². The normalized spacial score (nSPS) is 32.8. The highest BCUT2D eigenvalue weighted by atomic mass is 16.7. The Bertz CT molecular complexity index is 5400. The van der Waals surface area contributed by atoms with Gasteiger partial charge in [0.25, 0.3) is 5.69 Å². The van der Waals surface area contributed by atoms with Gasteiger partial charge >= 0.3 is 36.1 Å². The summed E-state index contributed by atoms with van der Waals surface area (Å²) in [5.41, 5.74) is -3.10. The minimum atomic E-state index is -2.14. The number of nitro benzene ring substituents is 1. The summed E-state index contributed by atoms with van der Waals surface area (Å²) in [4.78, 5) is 149. The van der Waals surface area contributed by atoms with Gasteiger partial charge in [0.1, 0.15) is 77.3 Å². The second-order valence-electron chi connectivity index (χ2n) is 39.9. The van der Waals surface area contributed by atoms with Crippen molar-refractivity contribution in [2.75, 3.05) is 41.7 Å². The van der Waals surface area contributed by atoms with Crippen molar-refractivity contribution in [2.45, 2.75) is 281 Å². The van der Waals surface area contributed by atoms with Crippen molar-refractivity contribution < 1.29 is 135 Å². The number of non-ortho nitro benzene ring substituents is 1. The Hall–Kier alpha value is -10.9. The number of carbonyl (C=O) groups is 10. The summed E-state index contributed by atoms with van der Waals surface area (Å²) in [6.45, 7) is 16.8.